The van der Waals surface area contributed by atoms with E-state index >= 15 is 0 Å². The summed E-state index contributed by atoms with van der Waals surface area (Å²) in [7, 11) is 1.48. The minimum absolute atomic E-state index is 0.0935. The lowest BCUT2D eigenvalue weighted by molar-refractivity contribution is -0.140. The van der Waals surface area contributed by atoms with E-state index in [2.05, 4.69) is 4.99 Å². The first-order valence-electron chi connectivity index (χ1n) is 9.22. The summed E-state index contributed by atoms with van der Waals surface area (Å²) in [4.78, 5) is 29.7. The molecule has 154 valence electrons. The summed E-state index contributed by atoms with van der Waals surface area (Å²) in [5.41, 5.74) is 11.5. The Morgan fingerprint density at radius 3 is 2.44 bits per heavy atom. The van der Waals surface area contributed by atoms with E-state index < -0.39 is 36.7 Å². The maximum Gasteiger partial charge on any atom is 0.333 e. The van der Waals surface area contributed by atoms with Crippen molar-refractivity contribution in [1.82, 2.24) is 4.90 Å². The highest BCUT2D eigenvalue weighted by molar-refractivity contribution is 5.89. The zero-order valence-corrected chi connectivity index (χ0v) is 16.5. The predicted octanol–water partition coefficient (Wildman–Crippen LogP) is 0.892. The van der Waals surface area contributed by atoms with Crippen LogP contribution < -0.4 is 11.5 Å². The van der Waals surface area contributed by atoms with Crippen LogP contribution in [0.3, 0.4) is 0 Å². The van der Waals surface area contributed by atoms with Gasteiger partial charge in [0, 0.05) is 19.0 Å². The fourth-order valence-electron chi connectivity index (χ4n) is 3.18. The van der Waals surface area contributed by atoms with Crippen molar-refractivity contribution in [3.05, 3.63) is 11.6 Å². The average Bonchev–Trinajstić information content (AvgIpc) is 2.64. The van der Waals surface area contributed by atoms with E-state index in [4.69, 9.17) is 20.9 Å². The number of halogens is 1. The molecule has 0 radical (unpaired) electrons. The van der Waals surface area contributed by atoms with Gasteiger partial charge >= 0.3 is 5.97 Å². The quantitative estimate of drug-likeness (QED) is 0.345. The lowest BCUT2D eigenvalue weighted by atomic mass is 9.87. The van der Waals surface area contributed by atoms with Crippen molar-refractivity contribution in [3.8, 4) is 0 Å². The van der Waals surface area contributed by atoms with E-state index in [0.29, 0.717) is 5.57 Å². The Labute approximate surface area is 159 Å². The number of esters is 1. The first kappa shape index (κ1) is 22.9. The number of rotatable bonds is 9. The fraction of sp³-hybridized carbons (Fsp3) is 0.722. The van der Waals surface area contributed by atoms with Crippen LogP contribution in [0.2, 0.25) is 0 Å². The molecule has 0 bridgehead atoms. The topological polar surface area (TPSA) is 120 Å². The van der Waals surface area contributed by atoms with Crippen LogP contribution in [-0.2, 0) is 19.1 Å². The van der Waals surface area contributed by atoms with E-state index in [9.17, 15) is 14.0 Å². The average molecular weight is 386 g/mol. The molecule has 0 spiro atoms. The van der Waals surface area contributed by atoms with Gasteiger partial charge in [0.05, 0.1) is 30.9 Å². The van der Waals surface area contributed by atoms with Gasteiger partial charge in [-0.15, -0.1) is 0 Å². The summed E-state index contributed by atoms with van der Waals surface area (Å²) in [6.45, 7) is 4.75. The molecule has 0 aromatic carbocycles. The number of alkyl halides is 1. The van der Waals surface area contributed by atoms with Gasteiger partial charge in [-0.05, 0) is 25.8 Å². The van der Waals surface area contributed by atoms with Crippen molar-refractivity contribution in [3.63, 3.8) is 0 Å². The second kappa shape index (κ2) is 10.9. The Morgan fingerprint density at radius 1 is 1.33 bits per heavy atom. The van der Waals surface area contributed by atoms with Gasteiger partial charge in [-0.2, -0.15) is 0 Å². The molecule has 3 atom stereocenters. The smallest absolute Gasteiger partial charge is 0.333 e. The lowest BCUT2D eigenvalue weighted by Crippen LogP contribution is -2.55. The summed E-state index contributed by atoms with van der Waals surface area (Å²) >= 11 is 0. The molecule has 0 unspecified atom stereocenters. The van der Waals surface area contributed by atoms with Crippen molar-refractivity contribution < 1.29 is 23.5 Å². The first-order valence-corrected chi connectivity index (χ1v) is 9.22. The molecule has 0 heterocycles. The third-order valence-corrected chi connectivity index (χ3v) is 4.59. The highest BCUT2D eigenvalue weighted by Gasteiger charge is 2.41. The van der Waals surface area contributed by atoms with Crippen LogP contribution in [0, 0.1) is 0 Å². The number of amides is 1. The summed E-state index contributed by atoms with van der Waals surface area (Å²) in [5.74, 6) is -1.37. The van der Waals surface area contributed by atoms with Gasteiger partial charge in [0.15, 0.2) is 12.6 Å². The van der Waals surface area contributed by atoms with Crippen LogP contribution in [-0.4, -0.2) is 67.4 Å². The third-order valence-electron chi connectivity index (χ3n) is 4.59. The number of hydrogen-bond acceptors (Lipinski definition) is 5. The summed E-state index contributed by atoms with van der Waals surface area (Å²) < 4.78 is 24.2. The monoisotopic (exact) mass is 386 g/mol. The van der Waals surface area contributed by atoms with Gasteiger partial charge in [-0.3, -0.25) is 4.79 Å². The second-order valence-corrected chi connectivity index (χ2v) is 6.41. The van der Waals surface area contributed by atoms with Crippen LogP contribution in [0.25, 0.3) is 0 Å². The molecular weight excluding hydrogens is 355 g/mol. The number of carbonyl (C=O) groups is 2. The molecule has 1 aliphatic carbocycles. The van der Waals surface area contributed by atoms with E-state index in [1.807, 2.05) is 13.8 Å². The zero-order chi connectivity index (χ0) is 20.6. The van der Waals surface area contributed by atoms with Crippen LogP contribution >= 0.6 is 0 Å². The van der Waals surface area contributed by atoms with Gasteiger partial charge in [-0.25, -0.2) is 14.2 Å². The molecule has 1 aliphatic rings. The normalized spacial score (nSPS) is 22.1. The SMILES string of the molecule is CCOC(=O)C1=C[C@@H](OC(CC)CC)[C@H](N(C)C(=O)CF)[C@@H](N=C(N)N)C1. The van der Waals surface area contributed by atoms with Crippen LogP contribution in [0.5, 0.6) is 0 Å². The molecule has 0 aliphatic heterocycles. The van der Waals surface area contributed by atoms with Gasteiger partial charge in [0.1, 0.15) is 0 Å². The molecule has 1 rings (SSSR count). The summed E-state index contributed by atoms with van der Waals surface area (Å²) in [6.07, 6.45) is 2.53. The Hall–Kier alpha value is -2.16. The molecule has 0 saturated carbocycles. The molecule has 8 nitrogen and oxygen atoms in total. The molecule has 4 N–H and O–H groups in total. The standard InChI is InChI=1S/C18H31FN4O4/c1-5-12(6-2)27-14-9-11(17(25)26-7-3)8-13(22-18(20)21)16(14)23(4)15(24)10-19/h9,12-14,16H,5-8,10H2,1-4H3,(H4,20,21,22)/t13-,14+,16+/m0/s1. The maximum atomic E-state index is 13.0. The molecule has 0 fully saturated rings. The van der Waals surface area contributed by atoms with Crippen LogP contribution in [0.1, 0.15) is 40.0 Å². The number of ether oxygens (including phenoxy) is 2. The number of aliphatic imine (C=N–C) groups is 1. The second-order valence-electron chi connectivity index (χ2n) is 6.41. The minimum atomic E-state index is -1.15. The fourth-order valence-corrected chi connectivity index (χ4v) is 3.18. The van der Waals surface area contributed by atoms with E-state index in [1.54, 1.807) is 13.0 Å². The van der Waals surface area contributed by atoms with Crippen molar-refractivity contribution in [2.45, 2.75) is 64.3 Å². The Bertz CT molecular complexity index is 574. The van der Waals surface area contributed by atoms with E-state index in [-0.39, 0.29) is 25.1 Å². The molecule has 0 aromatic heterocycles. The zero-order valence-electron chi connectivity index (χ0n) is 16.5. The molecule has 1 amide bonds. The number of likely N-dealkylation sites (N-methyl/N-ethyl adjacent to an activating group) is 1. The number of carbonyl (C=O) groups excluding carboxylic acids is 2. The number of nitrogens with zero attached hydrogens (tertiary/aromatic N) is 2. The Balaban J connectivity index is 3.36. The minimum Gasteiger partial charge on any atom is -0.463 e. The van der Waals surface area contributed by atoms with Crippen molar-refractivity contribution in [1.29, 1.82) is 0 Å². The third kappa shape index (κ3) is 6.20. The number of nitrogens with two attached hydrogens (primary N) is 2. The van der Waals surface area contributed by atoms with Crippen molar-refractivity contribution >= 4 is 17.8 Å². The molecule has 0 aromatic rings. The lowest BCUT2D eigenvalue weighted by Gasteiger charge is -2.41. The highest BCUT2D eigenvalue weighted by atomic mass is 19.1. The largest absolute Gasteiger partial charge is 0.463 e. The number of hydrogen-bond donors (Lipinski definition) is 2. The van der Waals surface area contributed by atoms with Gasteiger partial charge in [0.2, 0.25) is 0 Å². The van der Waals surface area contributed by atoms with Crippen molar-refractivity contribution in [2.24, 2.45) is 16.5 Å². The van der Waals surface area contributed by atoms with Crippen LogP contribution in [0.15, 0.2) is 16.6 Å². The van der Waals surface area contributed by atoms with Crippen LogP contribution in [0.4, 0.5) is 4.39 Å². The maximum absolute atomic E-state index is 13.0. The highest BCUT2D eigenvalue weighted by Crippen LogP contribution is 2.30. The number of guanidine groups is 1. The first-order chi connectivity index (χ1) is 12.8. The molecule has 0 saturated heterocycles. The van der Waals surface area contributed by atoms with Gasteiger partial charge < -0.3 is 25.8 Å². The Kier molecular flexibility index (Phi) is 9.20. The van der Waals surface area contributed by atoms with Gasteiger partial charge in [0.25, 0.3) is 5.91 Å². The van der Waals surface area contributed by atoms with Crippen molar-refractivity contribution in [2.75, 3.05) is 20.3 Å². The summed E-state index contributed by atoms with van der Waals surface area (Å²) in [6, 6.07) is -1.30. The van der Waals surface area contributed by atoms with E-state index in [0.717, 1.165) is 12.8 Å². The van der Waals surface area contributed by atoms with Gasteiger partial charge in [-0.1, -0.05) is 13.8 Å². The molecular formula is C18H31FN4O4. The molecule has 27 heavy (non-hydrogen) atoms. The van der Waals surface area contributed by atoms with E-state index in [1.165, 1.54) is 11.9 Å². The predicted molar refractivity (Wildman–Crippen MR) is 101 cm³/mol. The molecule has 9 heteroatoms. The Morgan fingerprint density at radius 2 is 1.96 bits per heavy atom. The summed E-state index contributed by atoms with van der Waals surface area (Å²) in [5, 5.41) is 0.